The average molecular weight is 298 g/mol. The monoisotopic (exact) mass is 297 g/mol. The van der Waals surface area contributed by atoms with E-state index in [0.717, 1.165) is 4.57 Å². The number of pyridine rings is 2. The lowest BCUT2D eigenvalue weighted by atomic mass is 10.2. The van der Waals surface area contributed by atoms with Crippen molar-refractivity contribution in [3.8, 4) is 0 Å². The molecule has 0 unspecified atom stereocenters. The van der Waals surface area contributed by atoms with Crippen LogP contribution in [0.2, 0.25) is 0 Å². The van der Waals surface area contributed by atoms with Gasteiger partial charge in [-0.25, -0.2) is 4.98 Å². The highest BCUT2D eigenvalue weighted by Gasteiger charge is 2.17. The second-order valence-electron chi connectivity index (χ2n) is 3.55. The number of aromatic nitrogens is 3. The molecule has 0 aliphatic heterocycles. The highest BCUT2D eigenvalue weighted by atomic mass is 79.9. The molecule has 0 amide bonds. The van der Waals surface area contributed by atoms with Gasteiger partial charge in [0.25, 0.3) is 0 Å². The third-order valence-electron chi connectivity index (χ3n) is 2.61. The van der Waals surface area contributed by atoms with Crippen LogP contribution < -0.4 is 0 Å². The van der Waals surface area contributed by atoms with Crippen LogP contribution in [0.3, 0.4) is 0 Å². The van der Waals surface area contributed by atoms with E-state index in [4.69, 9.17) is 0 Å². The quantitative estimate of drug-likeness (QED) is 0.641. The molecule has 0 aromatic carbocycles. The summed E-state index contributed by atoms with van der Waals surface area (Å²) in [5.74, 6) is 0. The van der Waals surface area contributed by atoms with Crippen molar-refractivity contribution in [3.63, 3.8) is 0 Å². The number of nitrogens with zero attached hydrogens (tertiary/aromatic N) is 3. The van der Waals surface area contributed by atoms with E-state index in [1.165, 1.54) is 6.20 Å². The summed E-state index contributed by atoms with van der Waals surface area (Å²) in [4.78, 5) is 8.07. The second kappa shape index (κ2) is 3.73. The highest BCUT2D eigenvalue weighted by molar-refractivity contribution is 9.10. The maximum Gasteiger partial charge on any atom is 0.320 e. The smallest absolute Gasteiger partial charge is 0.268 e. The molecule has 3 rings (SSSR count). The molecule has 3 nitrogen and oxygen atoms in total. The van der Waals surface area contributed by atoms with E-state index in [-0.39, 0.29) is 5.65 Å². The Balaban J connectivity index is 2.57. The molecule has 17 heavy (non-hydrogen) atoms. The zero-order chi connectivity index (χ0) is 12.0. The molecule has 3 heterocycles. The molecule has 0 radical (unpaired) electrons. The first-order valence-electron chi connectivity index (χ1n) is 4.87. The SMILES string of the molecule is FC(F)n1c2ccncc2c2ccc(Br)nc21. The van der Waals surface area contributed by atoms with Gasteiger partial charge in [0.2, 0.25) is 0 Å². The molecule has 0 aliphatic carbocycles. The largest absolute Gasteiger partial charge is 0.320 e. The Kier molecular flexibility index (Phi) is 2.32. The minimum absolute atomic E-state index is 0.261. The first-order chi connectivity index (χ1) is 8.18. The lowest BCUT2D eigenvalue weighted by Crippen LogP contribution is -1.98. The standard InChI is InChI=1S/C11H6BrF2N3/c12-9-2-1-6-7-5-15-4-3-8(7)17(11(13)14)10(6)16-9/h1-5,11H. The zero-order valence-electron chi connectivity index (χ0n) is 8.44. The van der Waals surface area contributed by atoms with Crippen LogP contribution in [0.15, 0.2) is 35.2 Å². The number of hydrogen-bond acceptors (Lipinski definition) is 2. The molecular weight excluding hydrogens is 292 g/mol. The Hall–Kier alpha value is -1.56. The van der Waals surface area contributed by atoms with Gasteiger partial charge >= 0.3 is 6.55 Å². The highest BCUT2D eigenvalue weighted by Crippen LogP contribution is 2.31. The Morgan fingerprint density at radius 2 is 2.00 bits per heavy atom. The van der Waals surface area contributed by atoms with Crippen molar-refractivity contribution < 1.29 is 8.78 Å². The Morgan fingerprint density at radius 1 is 1.18 bits per heavy atom. The minimum atomic E-state index is -2.63. The predicted molar refractivity (Wildman–Crippen MR) is 64.0 cm³/mol. The van der Waals surface area contributed by atoms with E-state index in [9.17, 15) is 8.78 Å². The fourth-order valence-electron chi connectivity index (χ4n) is 1.94. The van der Waals surface area contributed by atoms with Gasteiger partial charge in [-0.2, -0.15) is 8.78 Å². The topological polar surface area (TPSA) is 30.7 Å². The molecule has 0 saturated heterocycles. The van der Waals surface area contributed by atoms with Crippen LogP contribution >= 0.6 is 15.9 Å². The van der Waals surface area contributed by atoms with Gasteiger partial charge in [0.1, 0.15) is 10.3 Å². The van der Waals surface area contributed by atoms with Gasteiger partial charge in [-0.15, -0.1) is 0 Å². The van der Waals surface area contributed by atoms with Crippen LogP contribution in [0.1, 0.15) is 6.55 Å². The van der Waals surface area contributed by atoms with E-state index in [0.29, 0.717) is 20.9 Å². The summed E-state index contributed by atoms with van der Waals surface area (Å²) in [6, 6.07) is 5.05. The molecule has 0 atom stereocenters. The molecule has 0 bridgehead atoms. The molecule has 0 aliphatic rings. The number of alkyl halides is 2. The molecule has 0 saturated carbocycles. The second-order valence-corrected chi connectivity index (χ2v) is 4.36. The third kappa shape index (κ3) is 1.51. The van der Waals surface area contributed by atoms with Crippen LogP contribution in [0.5, 0.6) is 0 Å². The summed E-state index contributed by atoms with van der Waals surface area (Å²) in [6.45, 7) is -2.63. The van der Waals surface area contributed by atoms with Gasteiger partial charge in [0.05, 0.1) is 5.52 Å². The van der Waals surface area contributed by atoms with Crippen LogP contribution in [0.25, 0.3) is 21.9 Å². The fraction of sp³-hybridized carbons (Fsp3) is 0.0909. The maximum absolute atomic E-state index is 13.1. The average Bonchev–Trinajstić information content (AvgIpc) is 2.62. The molecule has 0 spiro atoms. The normalized spacial score (nSPS) is 11.8. The molecule has 3 aromatic rings. The number of rotatable bonds is 1. The van der Waals surface area contributed by atoms with E-state index in [1.54, 1.807) is 24.4 Å². The summed E-state index contributed by atoms with van der Waals surface area (Å²) in [7, 11) is 0. The molecule has 3 aromatic heterocycles. The number of fused-ring (bicyclic) bond motifs is 3. The van der Waals surface area contributed by atoms with Gasteiger partial charge in [0.15, 0.2) is 0 Å². The van der Waals surface area contributed by atoms with Gasteiger partial charge in [0, 0.05) is 23.2 Å². The Bertz CT molecular complexity index is 708. The zero-order valence-corrected chi connectivity index (χ0v) is 10.0. The molecular formula is C11H6BrF2N3. The summed E-state index contributed by atoms with van der Waals surface area (Å²) >= 11 is 3.19. The number of halogens is 3. The van der Waals surface area contributed by atoms with Gasteiger partial charge in [-0.05, 0) is 34.1 Å². The van der Waals surface area contributed by atoms with Crippen molar-refractivity contribution in [1.82, 2.24) is 14.5 Å². The van der Waals surface area contributed by atoms with Gasteiger partial charge in [-0.1, -0.05) is 0 Å². The lowest BCUT2D eigenvalue weighted by molar-refractivity contribution is 0.0790. The lowest BCUT2D eigenvalue weighted by Gasteiger charge is -2.03. The first kappa shape index (κ1) is 10.6. The summed E-state index contributed by atoms with van der Waals surface area (Å²) in [5, 5.41) is 1.36. The van der Waals surface area contributed by atoms with Gasteiger partial charge < -0.3 is 0 Å². The molecule has 6 heteroatoms. The van der Waals surface area contributed by atoms with Crippen molar-refractivity contribution in [2.45, 2.75) is 6.55 Å². The van der Waals surface area contributed by atoms with Crippen LogP contribution in [0.4, 0.5) is 8.78 Å². The van der Waals surface area contributed by atoms with Gasteiger partial charge in [-0.3, -0.25) is 9.55 Å². The van der Waals surface area contributed by atoms with E-state index < -0.39 is 6.55 Å². The number of hydrogen-bond donors (Lipinski definition) is 0. The summed E-state index contributed by atoms with van der Waals surface area (Å²) in [6.07, 6.45) is 3.07. The van der Waals surface area contributed by atoms with Crippen molar-refractivity contribution in [2.24, 2.45) is 0 Å². The molecule has 86 valence electrons. The molecule has 0 N–H and O–H groups in total. The van der Waals surface area contributed by atoms with E-state index in [1.807, 2.05) is 0 Å². The van der Waals surface area contributed by atoms with E-state index in [2.05, 4.69) is 25.9 Å². The van der Waals surface area contributed by atoms with Crippen molar-refractivity contribution in [2.75, 3.05) is 0 Å². The first-order valence-corrected chi connectivity index (χ1v) is 5.66. The fourth-order valence-corrected chi connectivity index (χ4v) is 2.24. The Labute approximate surface area is 103 Å². The maximum atomic E-state index is 13.1. The summed E-state index contributed by atoms with van der Waals surface area (Å²) in [5.41, 5.74) is 0.702. The van der Waals surface area contributed by atoms with Crippen LogP contribution in [-0.4, -0.2) is 14.5 Å². The van der Waals surface area contributed by atoms with Crippen LogP contribution in [-0.2, 0) is 0 Å². The minimum Gasteiger partial charge on any atom is -0.268 e. The van der Waals surface area contributed by atoms with Crippen molar-refractivity contribution >= 4 is 37.9 Å². The predicted octanol–water partition coefficient (Wildman–Crippen LogP) is 3.74. The third-order valence-corrected chi connectivity index (χ3v) is 3.05. The van der Waals surface area contributed by atoms with Crippen molar-refractivity contribution in [1.29, 1.82) is 0 Å². The Morgan fingerprint density at radius 3 is 2.76 bits per heavy atom. The van der Waals surface area contributed by atoms with Crippen molar-refractivity contribution in [3.05, 3.63) is 35.2 Å². The van der Waals surface area contributed by atoms with E-state index >= 15 is 0 Å². The van der Waals surface area contributed by atoms with Crippen LogP contribution in [0, 0.1) is 0 Å². The summed E-state index contributed by atoms with van der Waals surface area (Å²) < 4.78 is 27.6. The molecule has 0 fully saturated rings.